The van der Waals surface area contributed by atoms with Gasteiger partial charge in [-0.25, -0.2) is 4.79 Å². The summed E-state index contributed by atoms with van der Waals surface area (Å²) in [6.07, 6.45) is 7.05. The van der Waals surface area contributed by atoms with E-state index in [1.54, 1.807) is 24.5 Å². The fraction of sp³-hybridized carbons (Fsp3) is 0.286. The van der Waals surface area contributed by atoms with E-state index in [4.69, 9.17) is 4.74 Å². The minimum atomic E-state index is -0.889. The van der Waals surface area contributed by atoms with Crippen LogP contribution >= 0.6 is 11.3 Å². The maximum Gasteiger partial charge on any atom is 0.352 e. The summed E-state index contributed by atoms with van der Waals surface area (Å²) in [5.74, 6) is -0.864. The Morgan fingerprint density at radius 3 is 2.96 bits per heavy atom. The molecule has 0 radical (unpaired) electrons. The predicted molar refractivity (Wildman–Crippen MR) is 104 cm³/mol. The molecule has 3 heterocycles. The summed E-state index contributed by atoms with van der Waals surface area (Å²) in [6.45, 7) is 6.70. The van der Waals surface area contributed by atoms with E-state index in [-0.39, 0.29) is 5.92 Å². The largest absolute Gasteiger partial charge is 0.477 e. The number of carboxylic acid groups (broad SMARTS) is 1. The van der Waals surface area contributed by atoms with Crippen LogP contribution in [-0.2, 0) is 11.3 Å². The Balaban J connectivity index is 1.96. The molecule has 0 amide bonds. The summed E-state index contributed by atoms with van der Waals surface area (Å²) >= 11 is 1.63. The molecule has 0 saturated carbocycles. The van der Waals surface area contributed by atoms with Crippen molar-refractivity contribution in [3.05, 3.63) is 65.3 Å². The molecule has 2 aliphatic rings. The van der Waals surface area contributed by atoms with Crippen molar-refractivity contribution in [3.8, 4) is 10.4 Å². The Labute approximate surface area is 156 Å². The number of aromatic nitrogens is 1. The van der Waals surface area contributed by atoms with E-state index in [0.29, 0.717) is 12.2 Å². The fourth-order valence-corrected chi connectivity index (χ4v) is 4.75. The molecular weight excluding hydrogens is 346 g/mol. The molecule has 5 heteroatoms. The quantitative estimate of drug-likeness (QED) is 0.786. The number of aromatic carboxylic acids is 1. The van der Waals surface area contributed by atoms with Gasteiger partial charge in [-0.1, -0.05) is 18.2 Å². The van der Waals surface area contributed by atoms with Crippen LogP contribution in [-0.4, -0.2) is 28.4 Å². The number of fused-ring (bicyclic) bond motifs is 3. The minimum Gasteiger partial charge on any atom is -0.477 e. The smallest absolute Gasteiger partial charge is 0.352 e. The summed E-state index contributed by atoms with van der Waals surface area (Å²) in [7, 11) is 1.72. The lowest BCUT2D eigenvalue weighted by Gasteiger charge is -2.38. The average Bonchev–Trinajstić information content (AvgIpc) is 3.28. The van der Waals surface area contributed by atoms with E-state index in [1.807, 2.05) is 28.2 Å². The highest BCUT2D eigenvalue weighted by atomic mass is 32.1. The molecule has 0 aromatic carbocycles. The van der Waals surface area contributed by atoms with Gasteiger partial charge in [0.2, 0.25) is 0 Å². The summed E-state index contributed by atoms with van der Waals surface area (Å²) < 4.78 is 7.71. The highest BCUT2D eigenvalue weighted by Gasteiger charge is 2.37. The summed E-state index contributed by atoms with van der Waals surface area (Å²) in [4.78, 5) is 12.9. The van der Waals surface area contributed by atoms with Gasteiger partial charge in [0, 0.05) is 30.0 Å². The molecule has 2 aromatic rings. The minimum absolute atomic E-state index is 0.0252. The maximum absolute atomic E-state index is 11.8. The van der Waals surface area contributed by atoms with Crippen molar-refractivity contribution >= 4 is 22.9 Å². The molecule has 4 rings (SSSR count). The van der Waals surface area contributed by atoms with Gasteiger partial charge in [0.05, 0.1) is 11.3 Å². The molecule has 1 aliphatic carbocycles. The zero-order valence-corrected chi connectivity index (χ0v) is 15.7. The number of hydrogen-bond donors (Lipinski definition) is 1. The van der Waals surface area contributed by atoms with Gasteiger partial charge in [0.15, 0.2) is 0 Å². The lowest BCUT2D eigenvalue weighted by molar-refractivity contribution is 0.0261. The third-order valence-electron chi connectivity index (χ3n) is 5.47. The standard InChI is InChI=1S/C21H21NO3S/c1-4-14-10-15-13(12-21(14,2)25-3)7-8-22-17(20(23)24)11-16(19(15)22)18-6-5-9-26-18/h4-6,9-12,14H,1,7-8H2,2-3H3,(H,23,24). The number of thiophene rings is 1. The van der Waals surface area contributed by atoms with E-state index in [2.05, 4.69) is 25.7 Å². The Morgan fingerprint density at radius 1 is 1.54 bits per heavy atom. The van der Waals surface area contributed by atoms with Crippen LogP contribution in [0, 0.1) is 5.92 Å². The van der Waals surface area contributed by atoms with Crippen LogP contribution < -0.4 is 0 Å². The molecule has 0 bridgehead atoms. The number of allylic oxidation sites excluding steroid dienone is 2. The van der Waals surface area contributed by atoms with Crippen LogP contribution in [0.15, 0.2) is 54.0 Å². The molecule has 134 valence electrons. The molecule has 2 unspecified atom stereocenters. The Morgan fingerprint density at radius 2 is 2.35 bits per heavy atom. The van der Waals surface area contributed by atoms with Gasteiger partial charge in [-0.05, 0) is 48.1 Å². The monoisotopic (exact) mass is 367 g/mol. The summed E-state index contributed by atoms with van der Waals surface area (Å²) in [5, 5.41) is 11.7. The zero-order chi connectivity index (χ0) is 18.5. The normalized spacial score (nSPS) is 24.3. The van der Waals surface area contributed by atoms with Gasteiger partial charge >= 0.3 is 5.97 Å². The van der Waals surface area contributed by atoms with Crippen molar-refractivity contribution in [1.29, 1.82) is 0 Å². The Kier molecular flexibility index (Phi) is 4.01. The first kappa shape index (κ1) is 17.1. The first-order chi connectivity index (χ1) is 12.5. The second kappa shape index (κ2) is 6.11. The second-order valence-electron chi connectivity index (χ2n) is 6.88. The Hall–Kier alpha value is -2.37. The summed E-state index contributed by atoms with van der Waals surface area (Å²) in [6, 6.07) is 5.84. The van der Waals surface area contributed by atoms with Crippen molar-refractivity contribution in [1.82, 2.24) is 4.57 Å². The molecule has 0 fully saturated rings. The highest BCUT2D eigenvalue weighted by Crippen LogP contribution is 2.46. The van der Waals surface area contributed by atoms with Crippen molar-refractivity contribution in [3.63, 3.8) is 0 Å². The fourth-order valence-electron chi connectivity index (χ4n) is 4.01. The molecule has 26 heavy (non-hydrogen) atoms. The number of nitrogens with zero attached hydrogens (tertiary/aromatic N) is 1. The van der Waals surface area contributed by atoms with E-state index >= 15 is 0 Å². The summed E-state index contributed by atoms with van der Waals surface area (Å²) in [5.41, 5.74) is 4.22. The molecular formula is C21H21NO3S. The average molecular weight is 367 g/mol. The number of carbonyl (C=O) groups is 1. The zero-order valence-electron chi connectivity index (χ0n) is 14.9. The van der Waals surface area contributed by atoms with Crippen LogP contribution in [0.4, 0.5) is 0 Å². The predicted octanol–water partition coefficient (Wildman–Crippen LogP) is 4.85. The molecule has 1 N–H and O–H groups in total. The van der Waals surface area contributed by atoms with Crippen molar-refractivity contribution in [2.75, 3.05) is 7.11 Å². The number of rotatable bonds is 4. The molecule has 0 saturated heterocycles. The van der Waals surface area contributed by atoms with Crippen LogP contribution in [0.1, 0.15) is 29.5 Å². The molecule has 4 nitrogen and oxygen atoms in total. The van der Waals surface area contributed by atoms with Crippen LogP contribution in [0.2, 0.25) is 0 Å². The lowest BCUT2D eigenvalue weighted by Crippen LogP contribution is -2.36. The highest BCUT2D eigenvalue weighted by molar-refractivity contribution is 7.13. The van der Waals surface area contributed by atoms with Gasteiger partial charge in [-0.3, -0.25) is 0 Å². The van der Waals surface area contributed by atoms with Crippen LogP contribution in [0.3, 0.4) is 0 Å². The van der Waals surface area contributed by atoms with E-state index < -0.39 is 11.6 Å². The molecule has 0 spiro atoms. The van der Waals surface area contributed by atoms with Gasteiger partial charge in [0.1, 0.15) is 5.69 Å². The third kappa shape index (κ3) is 2.42. The van der Waals surface area contributed by atoms with Crippen molar-refractivity contribution in [2.24, 2.45) is 5.92 Å². The first-order valence-corrected chi connectivity index (χ1v) is 9.49. The third-order valence-corrected chi connectivity index (χ3v) is 6.37. The number of ether oxygens (including phenoxy) is 1. The second-order valence-corrected chi connectivity index (χ2v) is 7.82. The van der Waals surface area contributed by atoms with Crippen LogP contribution in [0.25, 0.3) is 16.0 Å². The van der Waals surface area contributed by atoms with Crippen molar-refractivity contribution in [2.45, 2.75) is 25.5 Å². The number of carboxylic acids is 1. The van der Waals surface area contributed by atoms with Gasteiger partial charge in [-0.15, -0.1) is 17.9 Å². The number of methoxy groups -OCH3 is 1. The van der Waals surface area contributed by atoms with Crippen LogP contribution in [0.5, 0.6) is 0 Å². The van der Waals surface area contributed by atoms with Gasteiger partial charge < -0.3 is 14.4 Å². The van der Waals surface area contributed by atoms with E-state index in [0.717, 1.165) is 28.1 Å². The van der Waals surface area contributed by atoms with Gasteiger partial charge in [0.25, 0.3) is 0 Å². The van der Waals surface area contributed by atoms with E-state index in [9.17, 15) is 9.90 Å². The number of hydrogen-bond acceptors (Lipinski definition) is 3. The van der Waals surface area contributed by atoms with Gasteiger partial charge in [-0.2, -0.15) is 0 Å². The molecule has 2 aromatic heterocycles. The van der Waals surface area contributed by atoms with Crippen molar-refractivity contribution < 1.29 is 14.6 Å². The lowest BCUT2D eigenvalue weighted by atomic mass is 9.76. The first-order valence-electron chi connectivity index (χ1n) is 8.61. The topological polar surface area (TPSA) is 51.5 Å². The molecule has 2 atom stereocenters. The SMILES string of the molecule is C=CC1C=C2C(=CC1(C)OC)CCn1c(C(=O)O)cc(-c3cccs3)c12. The Bertz CT molecular complexity index is 948. The maximum atomic E-state index is 11.8. The van der Waals surface area contributed by atoms with E-state index in [1.165, 1.54) is 5.57 Å². The molecule has 1 aliphatic heterocycles.